The Morgan fingerprint density at radius 1 is 1.35 bits per heavy atom. The van der Waals surface area contributed by atoms with Gasteiger partial charge in [-0.3, -0.25) is 0 Å². The van der Waals surface area contributed by atoms with Crippen LogP contribution in [0, 0.1) is 0 Å². The number of amides is 1. The predicted molar refractivity (Wildman–Crippen MR) is 78.4 cm³/mol. The van der Waals surface area contributed by atoms with Gasteiger partial charge in [-0.1, -0.05) is 12.1 Å². The minimum absolute atomic E-state index is 0.0532. The molecule has 0 bridgehead atoms. The topological polar surface area (TPSA) is 108 Å². The highest BCUT2D eigenvalue weighted by Crippen LogP contribution is 2.18. The predicted octanol–water partition coefficient (Wildman–Crippen LogP) is 1.07. The lowest BCUT2D eigenvalue weighted by Gasteiger charge is -2.13. The molecule has 1 saturated heterocycles. The number of carbonyl (C=O) groups is 2. The van der Waals surface area contributed by atoms with Gasteiger partial charge in [0, 0.05) is 6.61 Å². The van der Waals surface area contributed by atoms with Gasteiger partial charge in [-0.15, -0.1) is 0 Å². The third-order valence-electron chi connectivity index (χ3n) is 3.22. The molecule has 0 aromatic heterocycles. The van der Waals surface area contributed by atoms with E-state index in [2.05, 4.69) is 4.74 Å². The van der Waals surface area contributed by atoms with Crippen LogP contribution < -0.4 is 4.72 Å². The number of benzene rings is 1. The first-order chi connectivity index (χ1) is 10.9. The first-order valence-corrected chi connectivity index (χ1v) is 8.41. The SMILES string of the molecule is COC(=O)NS(=O)(=O)c1ccccc1C(=O)OCC1CCCO1. The summed E-state index contributed by atoms with van der Waals surface area (Å²) in [5.41, 5.74) is -0.165. The molecule has 1 aliphatic heterocycles. The second kappa shape index (κ2) is 7.42. The smallest absolute Gasteiger partial charge is 0.420 e. The van der Waals surface area contributed by atoms with E-state index in [1.165, 1.54) is 24.3 Å². The van der Waals surface area contributed by atoms with Crippen molar-refractivity contribution < 1.29 is 32.2 Å². The normalized spacial score (nSPS) is 17.5. The number of ether oxygens (including phenoxy) is 3. The van der Waals surface area contributed by atoms with Crippen LogP contribution in [0.3, 0.4) is 0 Å². The van der Waals surface area contributed by atoms with Gasteiger partial charge < -0.3 is 14.2 Å². The highest BCUT2D eigenvalue weighted by molar-refractivity contribution is 7.90. The van der Waals surface area contributed by atoms with Crippen molar-refractivity contribution in [2.75, 3.05) is 20.3 Å². The van der Waals surface area contributed by atoms with Crippen molar-refractivity contribution in [1.29, 1.82) is 0 Å². The number of sulfonamides is 1. The molecular weight excluding hydrogens is 326 g/mol. The van der Waals surface area contributed by atoms with Crippen molar-refractivity contribution in [3.05, 3.63) is 29.8 Å². The Bertz CT molecular complexity index is 680. The maximum absolute atomic E-state index is 12.1. The quantitative estimate of drug-likeness (QED) is 0.797. The van der Waals surface area contributed by atoms with Gasteiger partial charge in [0.05, 0.1) is 18.8 Å². The Balaban J connectivity index is 2.15. The Morgan fingerprint density at radius 2 is 2.09 bits per heavy atom. The Hall–Kier alpha value is -2.13. The Morgan fingerprint density at radius 3 is 2.74 bits per heavy atom. The molecule has 1 aromatic rings. The summed E-state index contributed by atoms with van der Waals surface area (Å²) in [6.07, 6.45) is 0.372. The van der Waals surface area contributed by atoms with E-state index in [4.69, 9.17) is 9.47 Å². The maximum Gasteiger partial charge on any atom is 0.420 e. The van der Waals surface area contributed by atoms with Crippen LogP contribution in [0.15, 0.2) is 29.2 Å². The van der Waals surface area contributed by atoms with E-state index in [1.807, 2.05) is 0 Å². The van der Waals surface area contributed by atoms with Gasteiger partial charge in [0.1, 0.15) is 11.5 Å². The van der Waals surface area contributed by atoms with Crippen molar-refractivity contribution in [3.8, 4) is 0 Å². The fourth-order valence-electron chi connectivity index (χ4n) is 2.10. The summed E-state index contributed by atoms with van der Waals surface area (Å²) in [6, 6.07) is 5.44. The highest BCUT2D eigenvalue weighted by Gasteiger charge is 2.26. The van der Waals surface area contributed by atoms with Crippen LogP contribution in [-0.4, -0.2) is 46.9 Å². The standard InChI is InChI=1S/C14H17NO7S/c1-20-14(17)15-23(18,19)12-7-3-2-6-11(12)13(16)22-9-10-5-4-8-21-10/h2-3,6-7,10H,4-5,8-9H2,1H3,(H,15,17). The summed E-state index contributed by atoms with van der Waals surface area (Å²) in [5.74, 6) is -0.800. The summed E-state index contributed by atoms with van der Waals surface area (Å²) < 4.78 is 40.7. The van der Waals surface area contributed by atoms with E-state index in [9.17, 15) is 18.0 Å². The number of hydrogen-bond donors (Lipinski definition) is 1. The van der Waals surface area contributed by atoms with Gasteiger partial charge in [0.15, 0.2) is 0 Å². The molecule has 8 nitrogen and oxygen atoms in total. The van der Waals surface area contributed by atoms with E-state index in [-0.39, 0.29) is 23.2 Å². The van der Waals surface area contributed by atoms with Crippen LogP contribution in [0.5, 0.6) is 0 Å². The minimum atomic E-state index is -4.24. The Labute approximate surface area is 133 Å². The van der Waals surface area contributed by atoms with Crippen LogP contribution in [0.4, 0.5) is 4.79 Å². The van der Waals surface area contributed by atoms with Crippen molar-refractivity contribution in [2.45, 2.75) is 23.8 Å². The second-order valence-corrected chi connectivity index (χ2v) is 6.48. The van der Waals surface area contributed by atoms with Crippen molar-refractivity contribution in [3.63, 3.8) is 0 Å². The van der Waals surface area contributed by atoms with E-state index >= 15 is 0 Å². The first-order valence-electron chi connectivity index (χ1n) is 6.92. The number of rotatable bonds is 5. The van der Waals surface area contributed by atoms with Gasteiger partial charge >= 0.3 is 12.1 Å². The average molecular weight is 343 g/mol. The second-order valence-electron chi connectivity index (χ2n) is 4.83. The molecule has 0 saturated carbocycles. The van der Waals surface area contributed by atoms with Crippen LogP contribution in [0.2, 0.25) is 0 Å². The molecule has 23 heavy (non-hydrogen) atoms. The van der Waals surface area contributed by atoms with Crippen LogP contribution in [-0.2, 0) is 24.2 Å². The number of nitrogens with one attached hydrogen (secondary N) is 1. The summed E-state index contributed by atoms with van der Waals surface area (Å²) in [4.78, 5) is 22.9. The van der Waals surface area contributed by atoms with Crippen LogP contribution >= 0.6 is 0 Å². The number of carbonyl (C=O) groups excluding carboxylic acids is 2. The molecule has 0 spiro atoms. The summed E-state index contributed by atoms with van der Waals surface area (Å²) in [6.45, 7) is 0.674. The van der Waals surface area contributed by atoms with Gasteiger partial charge in [-0.2, -0.15) is 0 Å². The Kier molecular flexibility index (Phi) is 5.56. The molecule has 0 radical (unpaired) electrons. The van der Waals surface area contributed by atoms with E-state index in [1.54, 1.807) is 4.72 Å². The lowest BCUT2D eigenvalue weighted by atomic mass is 10.2. The summed E-state index contributed by atoms with van der Waals surface area (Å²) in [7, 11) is -3.21. The zero-order valence-electron chi connectivity index (χ0n) is 12.5. The van der Waals surface area contributed by atoms with Gasteiger partial charge in [0.2, 0.25) is 0 Å². The molecule has 1 atom stereocenters. The molecule has 126 valence electrons. The van der Waals surface area contributed by atoms with E-state index in [0.29, 0.717) is 6.61 Å². The van der Waals surface area contributed by atoms with E-state index < -0.39 is 22.1 Å². The summed E-state index contributed by atoms with van der Waals surface area (Å²) >= 11 is 0. The fraction of sp³-hybridized carbons (Fsp3) is 0.429. The van der Waals surface area contributed by atoms with Crippen LogP contribution in [0.1, 0.15) is 23.2 Å². The zero-order valence-corrected chi connectivity index (χ0v) is 13.3. The molecule has 1 amide bonds. The third kappa shape index (κ3) is 4.42. The maximum atomic E-state index is 12.1. The molecule has 1 fully saturated rings. The lowest BCUT2D eigenvalue weighted by molar-refractivity contribution is 0.0158. The van der Waals surface area contributed by atoms with Gasteiger partial charge in [-0.05, 0) is 25.0 Å². The lowest BCUT2D eigenvalue weighted by Crippen LogP contribution is -2.31. The number of methoxy groups -OCH3 is 1. The third-order valence-corrected chi connectivity index (χ3v) is 4.59. The fourth-order valence-corrected chi connectivity index (χ4v) is 3.21. The molecule has 0 aliphatic carbocycles. The van der Waals surface area contributed by atoms with E-state index in [0.717, 1.165) is 20.0 Å². The zero-order chi connectivity index (χ0) is 16.9. The number of hydrogen-bond acceptors (Lipinski definition) is 7. The molecule has 1 unspecified atom stereocenters. The highest BCUT2D eigenvalue weighted by atomic mass is 32.2. The molecule has 1 aliphatic rings. The molecular formula is C14H17NO7S. The molecule has 2 rings (SSSR count). The van der Waals surface area contributed by atoms with Crippen molar-refractivity contribution in [1.82, 2.24) is 4.72 Å². The largest absolute Gasteiger partial charge is 0.459 e. The summed E-state index contributed by atoms with van der Waals surface area (Å²) in [5, 5.41) is 0. The van der Waals surface area contributed by atoms with Gasteiger partial charge in [-0.25, -0.2) is 22.7 Å². The van der Waals surface area contributed by atoms with Gasteiger partial charge in [0.25, 0.3) is 10.0 Å². The average Bonchev–Trinajstić information content (AvgIpc) is 3.05. The number of esters is 1. The molecule has 9 heteroatoms. The van der Waals surface area contributed by atoms with Crippen molar-refractivity contribution >= 4 is 22.1 Å². The molecule has 1 heterocycles. The minimum Gasteiger partial charge on any atom is -0.459 e. The molecule has 1 aromatic carbocycles. The van der Waals surface area contributed by atoms with Crippen molar-refractivity contribution in [2.24, 2.45) is 0 Å². The molecule has 1 N–H and O–H groups in total. The monoisotopic (exact) mass is 343 g/mol. The first kappa shape index (κ1) is 17.2. The van der Waals surface area contributed by atoms with Crippen LogP contribution in [0.25, 0.3) is 0 Å².